The summed E-state index contributed by atoms with van der Waals surface area (Å²) in [6.07, 6.45) is 2.48. The molecule has 3 rings (SSSR count). The Morgan fingerprint density at radius 1 is 1.47 bits per heavy atom. The quantitative estimate of drug-likeness (QED) is 0.856. The SMILES string of the molecule is Cc1c(C(=O)N(C)CC2CC2)oc2ccc(Br)cc12. The second-order valence-corrected chi connectivity index (χ2v) is 6.24. The van der Waals surface area contributed by atoms with Crippen LogP contribution in [0.1, 0.15) is 29.0 Å². The summed E-state index contributed by atoms with van der Waals surface area (Å²) in [6.45, 7) is 2.77. The Bertz CT molecular complexity index is 643. The third kappa shape index (κ3) is 2.41. The van der Waals surface area contributed by atoms with E-state index in [1.165, 1.54) is 12.8 Å². The highest BCUT2D eigenvalue weighted by molar-refractivity contribution is 9.10. The van der Waals surface area contributed by atoms with Crippen molar-refractivity contribution in [2.75, 3.05) is 13.6 Å². The van der Waals surface area contributed by atoms with Crippen molar-refractivity contribution in [1.82, 2.24) is 4.90 Å². The average Bonchev–Trinajstić information content (AvgIpc) is 3.14. The molecule has 4 heteroatoms. The fraction of sp³-hybridized carbons (Fsp3) is 0.400. The largest absolute Gasteiger partial charge is 0.451 e. The summed E-state index contributed by atoms with van der Waals surface area (Å²) in [7, 11) is 1.85. The number of hydrogen-bond acceptors (Lipinski definition) is 2. The molecule has 1 aromatic heterocycles. The van der Waals surface area contributed by atoms with Gasteiger partial charge in [0.1, 0.15) is 5.58 Å². The predicted octanol–water partition coefficient (Wildman–Crippen LogP) is 3.99. The van der Waals surface area contributed by atoms with Crippen LogP contribution in [-0.4, -0.2) is 24.4 Å². The summed E-state index contributed by atoms with van der Waals surface area (Å²) in [6, 6.07) is 5.81. The van der Waals surface area contributed by atoms with E-state index in [2.05, 4.69) is 15.9 Å². The lowest BCUT2D eigenvalue weighted by atomic mass is 10.1. The van der Waals surface area contributed by atoms with E-state index in [0.717, 1.165) is 27.6 Å². The lowest BCUT2D eigenvalue weighted by molar-refractivity contribution is 0.0758. The number of fused-ring (bicyclic) bond motifs is 1. The molecule has 0 radical (unpaired) electrons. The Labute approximate surface area is 120 Å². The molecule has 0 saturated heterocycles. The van der Waals surface area contributed by atoms with E-state index in [0.29, 0.717) is 11.7 Å². The van der Waals surface area contributed by atoms with Crippen LogP contribution in [0, 0.1) is 12.8 Å². The number of nitrogens with zero attached hydrogens (tertiary/aromatic N) is 1. The predicted molar refractivity (Wildman–Crippen MR) is 78.3 cm³/mol. The topological polar surface area (TPSA) is 33.5 Å². The molecule has 2 aromatic rings. The van der Waals surface area contributed by atoms with Crippen molar-refractivity contribution in [2.24, 2.45) is 5.92 Å². The van der Waals surface area contributed by atoms with Gasteiger partial charge in [0.15, 0.2) is 5.76 Å². The van der Waals surface area contributed by atoms with E-state index >= 15 is 0 Å². The zero-order chi connectivity index (χ0) is 13.6. The number of hydrogen-bond donors (Lipinski definition) is 0. The highest BCUT2D eigenvalue weighted by Crippen LogP contribution is 2.31. The third-order valence-electron chi connectivity index (χ3n) is 3.67. The Kier molecular flexibility index (Phi) is 3.13. The monoisotopic (exact) mass is 321 g/mol. The van der Waals surface area contributed by atoms with Crippen LogP contribution in [0.2, 0.25) is 0 Å². The molecule has 0 atom stereocenters. The van der Waals surface area contributed by atoms with Gasteiger partial charge < -0.3 is 9.32 Å². The van der Waals surface area contributed by atoms with Crippen LogP contribution < -0.4 is 0 Å². The van der Waals surface area contributed by atoms with Gasteiger partial charge >= 0.3 is 0 Å². The van der Waals surface area contributed by atoms with Gasteiger partial charge in [0.2, 0.25) is 0 Å². The second kappa shape index (κ2) is 4.67. The maximum absolute atomic E-state index is 12.4. The highest BCUT2D eigenvalue weighted by atomic mass is 79.9. The lowest BCUT2D eigenvalue weighted by Crippen LogP contribution is -2.28. The van der Waals surface area contributed by atoms with Crippen LogP contribution in [0.5, 0.6) is 0 Å². The molecule has 19 heavy (non-hydrogen) atoms. The van der Waals surface area contributed by atoms with Crippen LogP contribution in [0.25, 0.3) is 11.0 Å². The van der Waals surface area contributed by atoms with Crippen LogP contribution in [-0.2, 0) is 0 Å². The molecule has 0 unspecified atom stereocenters. The average molecular weight is 322 g/mol. The first-order chi connectivity index (χ1) is 9.06. The molecule has 3 nitrogen and oxygen atoms in total. The summed E-state index contributed by atoms with van der Waals surface area (Å²) in [5.74, 6) is 1.14. The number of furan rings is 1. The normalized spacial score (nSPS) is 14.9. The van der Waals surface area contributed by atoms with Gasteiger partial charge in [-0.05, 0) is 43.9 Å². The Balaban J connectivity index is 1.95. The molecular formula is C15H16BrNO2. The maximum atomic E-state index is 12.4. The minimum Gasteiger partial charge on any atom is -0.451 e. The minimum absolute atomic E-state index is 0.0169. The molecule has 0 spiro atoms. The van der Waals surface area contributed by atoms with Crippen molar-refractivity contribution in [3.05, 3.63) is 34.0 Å². The number of amides is 1. The second-order valence-electron chi connectivity index (χ2n) is 5.33. The number of benzene rings is 1. The zero-order valence-corrected chi connectivity index (χ0v) is 12.7. The van der Waals surface area contributed by atoms with Gasteiger partial charge in [-0.2, -0.15) is 0 Å². The number of carbonyl (C=O) groups is 1. The summed E-state index contributed by atoms with van der Waals surface area (Å²) in [5.41, 5.74) is 1.69. The van der Waals surface area contributed by atoms with Gasteiger partial charge in [-0.25, -0.2) is 0 Å². The molecule has 0 bridgehead atoms. The molecule has 1 aliphatic carbocycles. The van der Waals surface area contributed by atoms with Crippen LogP contribution in [0.15, 0.2) is 27.1 Å². The van der Waals surface area contributed by atoms with Gasteiger partial charge in [-0.1, -0.05) is 15.9 Å². The molecule has 100 valence electrons. The number of rotatable bonds is 3. The van der Waals surface area contributed by atoms with Gasteiger partial charge in [-0.3, -0.25) is 4.79 Å². The molecule has 1 saturated carbocycles. The highest BCUT2D eigenvalue weighted by Gasteiger charge is 2.27. The zero-order valence-electron chi connectivity index (χ0n) is 11.1. The van der Waals surface area contributed by atoms with E-state index in [1.54, 1.807) is 4.90 Å². The van der Waals surface area contributed by atoms with Crippen LogP contribution in [0.4, 0.5) is 0 Å². The van der Waals surface area contributed by atoms with Crippen LogP contribution >= 0.6 is 15.9 Å². The summed E-state index contributed by atoms with van der Waals surface area (Å²) in [4.78, 5) is 14.2. The first-order valence-electron chi connectivity index (χ1n) is 6.50. The summed E-state index contributed by atoms with van der Waals surface area (Å²) >= 11 is 3.45. The van der Waals surface area contributed by atoms with Crippen molar-refractivity contribution in [1.29, 1.82) is 0 Å². The first kappa shape index (κ1) is 12.7. The smallest absolute Gasteiger partial charge is 0.289 e. The van der Waals surface area contributed by atoms with E-state index in [1.807, 2.05) is 32.2 Å². The van der Waals surface area contributed by atoms with Gasteiger partial charge in [0.25, 0.3) is 5.91 Å². The third-order valence-corrected chi connectivity index (χ3v) is 4.16. The maximum Gasteiger partial charge on any atom is 0.289 e. The standard InChI is InChI=1S/C15H16BrNO2/c1-9-12-7-11(16)5-6-13(12)19-14(9)15(18)17(2)8-10-3-4-10/h5-7,10H,3-4,8H2,1-2H3. The van der Waals surface area contributed by atoms with Crippen molar-refractivity contribution in [2.45, 2.75) is 19.8 Å². The summed E-state index contributed by atoms with van der Waals surface area (Å²) in [5, 5.41) is 0.998. The van der Waals surface area contributed by atoms with E-state index in [9.17, 15) is 4.79 Å². The van der Waals surface area contributed by atoms with Gasteiger partial charge in [0.05, 0.1) is 0 Å². The first-order valence-corrected chi connectivity index (χ1v) is 7.29. The van der Waals surface area contributed by atoms with Crippen molar-refractivity contribution in [3.8, 4) is 0 Å². The van der Waals surface area contributed by atoms with Gasteiger partial charge in [-0.15, -0.1) is 0 Å². The number of carbonyl (C=O) groups excluding carboxylic acids is 1. The fourth-order valence-corrected chi connectivity index (χ4v) is 2.70. The van der Waals surface area contributed by atoms with Crippen molar-refractivity contribution >= 4 is 32.8 Å². The van der Waals surface area contributed by atoms with Crippen molar-refractivity contribution in [3.63, 3.8) is 0 Å². The summed E-state index contributed by atoms with van der Waals surface area (Å²) < 4.78 is 6.72. The minimum atomic E-state index is -0.0169. The van der Waals surface area contributed by atoms with E-state index in [4.69, 9.17) is 4.42 Å². The van der Waals surface area contributed by atoms with E-state index in [-0.39, 0.29) is 5.91 Å². The number of halogens is 1. The molecule has 1 heterocycles. The fourth-order valence-electron chi connectivity index (χ4n) is 2.34. The lowest BCUT2D eigenvalue weighted by Gasteiger charge is -2.15. The molecule has 1 aliphatic rings. The molecule has 0 aliphatic heterocycles. The molecule has 1 aromatic carbocycles. The Hall–Kier alpha value is -1.29. The Morgan fingerprint density at radius 2 is 2.21 bits per heavy atom. The van der Waals surface area contributed by atoms with Gasteiger partial charge in [0, 0.05) is 29.0 Å². The molecule has 1 fully saturated rings. The van der Waals surface area contributed by atoms with Crippen LogP contribution in [0.3, 0.4) is 0 Å². The van der Waals surface area contributed by atoms with E-state index < -0.39 is 0 Å². The number of aryl methyl sites for hydroxylation is 1. The Morgan fingerprint density at radius 3 is 2.89 bits per heavy atom. The molecule has 0 N–H and O–H groups in total. The van der Waals surface area contributed by atoms with Crippen molar-refractivity contribution < 1.29 is 9.21 Å². The molecule has 1 amide bonds. The molecular weight excluding hydrogens is 306 g/mol.